The number of H-pyrrole nitrogens is 1. The highest BCUT2D eigenvalue weighted by Gasteiger charge is 2.54. The predicted molar refractivity (Wildman–Crippen MR) is 169 cm³/mol. The zero-order chi connectivity index (χ0) is 37.1. The number of phenolic OH excluding ortho intramolecular Hbond substituents is 1. The summed E-state index contributed by atoms with van der Waals surface area (Å²) in [6.45, 7) is 2.95. The average molecular weight is 741 g/mol. The predicted octanol–water partition coefficient (Wildman–Crippen LogP) is 5.31. The second-order valence-electron chi connectivity index (χ2n) is 11.5. The Morgan fingerprint density at radius 1 is 0.860 bits per heavy atom. The normalized spacial score (nSPS) is 15.0. The summed E-state index contributed by atoms with van der Waals surface area (Å²) >= 11 is 1.07. The molecule has 2 aromatic carbocycles. The molecule has 3 aromatic rings. The number of carbonyl (C=O) groups excluding carboxylic acids is 3. The number of aromatic hydroxyl groups is 1. The van der Waals surface area contributed by atoms with Crippen LogP contribution in [-0.4, -0.2) is 89.5 Å². The van der Waals surface area contributed by atoms with E-state index in [0.29, 0.717) is 57.4 Å². The van der Waals surface area contributed by atoms with Crippen molar-refractivity contribution in [2.24, 2.45) is 0 Å². The largest absolute Gasteiger partial charge is 0.506 e. The standard InChI is InChI=1S/C28H36F2N4O3S.C4F6O2/c29-28(30)13-8-22(9-14-28)34(24(36)12-17-31-15-10-20-4-2-1-3-5-20)19-18-32-16-11-21-6-7-23(35)25-26(21)38-27(37)33-25;5-3(6,7)1(11)2(12)4(8,9)10/h1-7,22,31-32,35H,8-19H2,(H,33,37);. The Balaban J connectivity index is 0.000000482. The number of aromatic nitrogens is 1. The average Bonchev–Trinajstić information content (AvgIpc) is 3.45. The van der Waals surface area contributed by atoms with Gasteiger partial charge >= 0.3 is 28.8 Å². The molecule has 1 saturated carbocycles. The molecule has 0 atom stereocenters. The van der Waals surface area contributed by atoms with Gasteiger partial charge in [-0.25, -0.2) is 8.78 Å². The molecule has 1 aliphatic rings. The lowest BCUT2D eigenvalue weighted by molar-refractivity contribution is -0.193. The number of aromatic amines is 1. The molecule has 1 aliphatic carbocycles. The molecule has 4 N–H and O–H groups in total. The summed E-state index contributed by atoms with van der Waals surface area (Å²) in [6, 6.07) is 13.4. The molecule has 0 radical (unpaired) electrons. The molecule has 9 nitrogen and oxygen atoms in total. The van der Waals surface area contributed by atoms with Crippen molar-refractivity contribution in [2.75, 3.05) is 32.7 Å². The quantitative estimate of drug-likeness (QED) is 0.100. The molecular formula is C32H36F8N4O5S. The number of hydrogen-bond acceptors (Lipinski definition) is 8. The number of benzene rings is 2. The van der Waals surface area contributed by atoms with E-state index >= 15 is 0 Å². The fraction of sp³-hybridized carbons (Fsp3) is 0.500. The summed E-state index contributed by atoms with van der Waals surface area (Å²) in [6.07, 6.45) is -9.40. The van der Waals surface area contributed by atoms with Gasteiger partial charge in [-0.05, 0) is 56.0 Å². The number of fused-ring (bicyclic) bond motifs is 1. The Kier molecular flexibility index (Phi) is 14.5. The third-order valence-corrected chi connectivity index (χ3v) is 8.82. The molecule has 1 fully saturated rings. The van der Waals surface area contributed by atoms with Crippen molar-refractivity contribution in [1.29, 1.82) is 0 Å². The number of hydrogen-bond donors (Lipinski definition) is 4. The van der Waals surface area contributed by atoms with Gasteiger partial charge in [0.25, 0.3) is 0 Å². The second kappa shape index (κ2) is 17.8. The van der Waals surface area contributed by atoms with Crippen molar-refractivity contribution in [1.82, 2.24) is 20.5 Å². The van der Waals surface area contributed by atoms with Crippen LogP contribution >= 0.6 is 11.3 Å². The number of phenols is 1. The van der Waals surface area contributed by atoms with Crippen molar-refractivity contribution in [2.45, 2.75) is 69.3 Å². The van der Waals surface area contributed by atoms with Crippen LogP contribution in [0.4, 0.5) is 35.1 Å². The van der Waals surface area contributed by atoms with E-state index in [-0.39, 0.29) is 35.4 Å². The van der Waals surface area contributed by atoms with Crippen molar-refractivity contribution >= 4 is 39.0 Å². The van der Waals surface area contributed by atoms with E-state index in [1.165, 1.54) is 5.56 Å². The van der Waals surface area contributed by atoms with Crippen molar-refractivity contribution < 1.29 is 54.6 Å². The summed E-state index contributed by atoms with van der Waals surface area (Å²) in [4.78, 5) is 48.3. The Bertz CT molecular complexity index is 1610. The summed E-state index contributed by atoms with van der Waals surface area (Å²) in [5.74, 6) is -9.41. The summed E-state index contributed by atoms with van der Waals surface area (Å²) in [7, 11) is 0. The van der Waals surface area contributed by atoms with Gasteiger partial charge in [0.2, 0.25) is 11.8 Å². The molecule has 1 heterocycles. The summed E-state index contributed by atoms with van der Waals surface area (Å²) < 4.78 is 95.2. The number of ketones is 2. The number of amides is 1. The minimum Gasteiger partial charge on any atom is -0.506 e. The first-order valence-electron chi connectivity index (χ1n) is 15.6. The maximum Gasteiger partial charge on any atom is 0.458 e. The number of Topliss-reactive ketones (excluding diaryl/α,β-unsaturated/α-hetero) is 2. The highest BCUT2D eigenvalue weighted by Crippen LogP contribution is 2.35. The van der Waals surface area contributed by atoms with Crippen LogP contribution in [0.5, 0.6) is 5.75 Å². The van der Waals surface area contributed by atoms with E-state index in [2.05, 4.69) is 27.8 Å². The van der Waals surface area contributed by atoms with Crippen LogP contribution in [0.25, 0.3) is 10.2 Å². The van der Waals surface area contributed by atoms with Crippen LogP contribution in [0, 0.1) is 0 Å². The van der Waals surface area contributed by atoms with E-state index in [9.17, 15) is 59.4 Å². The number of halogens is 8. The van der Waals surface area contributed by atoms with Crippen LogP contribution in [0.3, 0.4) is 0 Å². The Morgan fingerprint density at radius 2 is 1.44 bits per heavy atom. The smallest absolute Gasteiger partial charge is 0.458 e. The molecule has 1 aromatic heterocycles. The monoisotopic (exact) mass is 740 g/mol. The lowest BCUT2D eigenvalue weighted by Gasteiger charge is -2.37. The van der Waals surface area contributed by atoms with Gasteiger partial charge in [-0.1, -0.05) is 47.7 Å². The maximum atomic E-state index is 13.8. The zero-order valence-electron chi connectivity index (χ0n) is 26.6. The number of carbonyl (C=O) groups is 3. The third-order valence-electron chi connectivity index (χ3n) is 7.86. The fourth-order valence-corrected chi connectivity index (χ4v) is 6.16. The van der Waals surface area contributed by atoms with Gasteiger partial charge in [0, 0.05) is 44.9 Å². The van der Waals surface area contributed by atoms with E-state index in [1.54, 1.807) is 11.0 Å². The van der Waals surface area contributed by atoms with Gasteiger partial charge in [0.05, 0.1) is 4.70 Å². The summed E-state index contributed by atoms with van der Waals surface area (Å²) in [5.41, 5.74) is 2.65. The molecule has 276 valence electrons. The van der Waals surface area contributed by atoms with E-state index in [4.69, 9.17) is 0 Å². The molecule has 0 unspecified atom stereocenters. The topological polar surface area (TPSA) is 132 Å². The first-order chi connectivity index (χ1) is 23.4. The van der Waals surface area contributed by atoms with E-state index in [0.717, 1.165) is 34.6 Å². The van der Waals surface area contributed by atoms with Crippen LogP contribution < -0.4 is 15.5 Å². The third kappa shape index (κ3) is 12.5. The van der Waals surface area contributed by atoms with Crippen LogP contribution in [0.2, 0.25) is 0 Å². The lowest BCUT2D eigenvalue weighted by atomic mass is 9.91. The molecule has 0 bridgehead atoms. The SMILES string of the molecule is O=C(C(=O)C(F)(F)F)C(F)(F)F.O=C(CCNCCc1ccccc1)N(CCNCCc1ccc(O)c2[nH]c(=O)sc12)C1CCC(F)(F)CC1. The van der Waals surface area contributed by atoms with Gasteiger partial charge in [-0.15, -0.1) is 0 Å². The molecule has 0 spiro atoms. The molecule has 50 heavy (non-hydrogen) atoms. The minimum absolute atomic E-state index is 0.00781. The van der Waals surface area contributed by atoms with Crippen LogP contribution in [0.15, 0.2) is 47.3 Å². The maximum absolute atomic E-state index is 13.8. The highest BCUT2D eigenvalue weighted by atomic mass is 32.1. The van der Waals surface area contributed by atoms with Gasteiger partial charge in [0.1, 0.15) is 11.3 Å². The van der Waals surface area contributed by atoms with E-state index in [1.807, 2.05) is 24.3 Å². The van der Waals surface area contributed by atoms with Gasteiger partial charge in [-0.3, -0.25) is 19.2 Å². The highest BCUT2D eigenvalue weighted by molar-refractivity contribution is 7.16. The molecule has 18 heteroatoms. The minimum atomic E-state index is -5.77. The Hall–Kier alpha value is -3.90. The molecule has 1 amide bonds. The van der Waals surface area contributed by atoms with Crippen molar-refractivity contribution in [3.63, 3.8) is 0 Å². The van der Waals surface area contributed by atoms with Crippen LogP contribution in [0.1, 0.15) is 43.2 Å². The second-order valence-corrected chi connectivity index (χ2v) is 12.5. The van der Waals surface area contributed by atoms with Crippen molar-refractivity contribution in [3.8, 4) is 5.75 Å². The molecule has 4 rings (SSSR count). The first kappa shape index (κ1) is 40.5. The number of alkyl halides is 8. The first-order valence-corrected chi connectivity index (χ1v) is 16.4. The Morgan fingerprint density at radius 3 is 2.04 bits per heavy atom. The van der Waals surface area contributed by atoms with Gasteiger partial charge in [0.15, 0.2) is 0 Å². The molecule has 0 saturated heterocycles. The molecule has 0 aliphatic heterocycles. The van der Waals surface area contributed by atoms with Gasteiger partial charge in [-0.2, -0.15) is 26.3 Å². The number of nitrogens with zero attached hydrogens (tertiary/aromatic N) is 1. The number of rotatable bonds is 14. The van der Waals surface area contributed by atoms with Gasteiger partial charge < -0.3 is 25.6 Å². The van der Waals surface area contributed by atoms with Crippen molar-refractivity contribution in [3.05, 3.63) is 63.3 Å². The lowest BCUT2D eigenvalue weighted by Crippen LogP contribution is -2.47. The number of thiazole rings is 1. The Labute approximate surface area is 285 Å². The number of nitrogens with one attached hydrogen (secondary N) is 3. The van der Waals surface area contributed by atoms with Crippen LogP contribution in [-0.2, 0) is 27.2 Å². The summed E-state index contributed by atoms with van der Waals surface area (Å²) in [5, 5.41) is 16.6. The van der Waals surface area contributed by atoms with E-state index < -0.39 is 29.8 Å². The molecular weight excluding hydrogens is 704 g/mol. The fourth-order valence-electron chi connectivity index (χ4n) is 5.26. The zero-order valence-corrected chi connectivity index (χ0v) is 27.4.